The van der Waals surface area contributed by atoms with Crippen LogP contribution < -0.4 is 0 Å². The number of benzene rings is 2. The Hall–Kier alpha value is -2.81. The lowest BCUT2D eigenvalue weighted by molar-refractivity contribution is -0.130. The predicted molar refractivity (Wildman–Crippen MR) is 107 cm³/mol. The van der Waals surface area contributed by atoms with Crippen LogP contribution in [0.25, 0.3) is 16.5 Å². The molecule has 0 unspecified atom stereocenters. The zero-order chi connectivity index (χ0) is 18.1. The Bertz CT molecular complexity index is 979. The Labute approximate surface area is 154 Å². The van der Waals surface area contributed by atoms with Crippen molar-refractivity contribution in [3.05, 3.63) is 77.5 Å². The third-order valence-corrected chi connectivity index (χ3v) is 5.28. The molecule has 2 heterocycles. The van der Waals surface area contributed by atoms with Crippen molar-refractivity contribution >= 4 is 22.4 Å². The van der Waals surface area contributed by atoms with Crippen LogP contribution in [0, 0.1) is 6.92 Å². The molecule has 0 spiro atoms. The summed E-state index contributed by atoms with van der Waals surface area (Å²) in [7, 11) is 2.09. The van der Waals surface area contributed by atoms with E-state index < -0.39 is 0 Å². The van der Waals surface area contributed by atoms with Crippen LogP contribution in [0.5, 0.6) is 0 Å². The number of hydrogen-bond acceptors (Lipinski definition) is 1. The van der Waals surface area contributed by atoms with Gasteiger partial charge >= 0.3 is 0 Å². The van der Waals surface area contributed by atoms with Crippen molar-refractivity contribution < 1.29 is 4.79 Å². The summed E-state index contributed by atoms with van der Waals surface area (Å²) in [6.07, 6.45) is 5.82. The van der Waals surface area contributed by atoms with Gasteiger partial charge in [0.25, 0.3) is 0 Å². The molecule has 3 heteroatoms. The fraction of sp³-hybridized carbons (Fsp3) is 0.261. The second kappa shape index (κ2) is 6.83. The average molecular weight is 344 g/mol. The van der Waals surface area contributed by atoms with E-state index in [1.165, 1.54) is 27.6 Å². The number of para-hydroxylation sites is 1. The zero-order valence-electron chi connectivity index (χ0n) is 15.4. The normalized spacial score (nSPS) is 14.5. The van der Waals surface area contributed by atoms with Gasteiger partial charge in [0.05, 0.1) is 6.42 Å². The van der Waals surface area contributed by atoms with E-state index in [1.54, 1.807) is 0 Å². The molecule has 1 aliphatic heterocycles. The molecule has 0 radical (unpaired) electrons. The molecule has 3 aromatic rings. The summed E-state index contributed by atoms with van der Waals surface area (Å²) in [5.74, 6) is 0.210. The van der Waals surface area contributed by atoms with Crippen LogP contribution in [-0.2, 0) is 18.3 Å². The summed E-state index contributed by atoms with van der Waals surface area (Å²) >= 11 is 0. The van der Waals surface area contributed by atoms with Gasteiger partial charge in [0, 0.05) is 42.8 Å². The number of rotatable bonds is 3. The van der Waals surface area contributed by atoms with E-state index in [4.69, 9.17) is 0 Å². The van der Waals surface area contributed by atoms with E-state index in [1.807, 2.05) is 4.90 Å². The van der Waals surface area contributed by atoms with Gasteiger partial charge in [-0.05, 0) is 30.5 Å². The van der Waals surface area contributed by atoms with Gasteiger partial charge in [-0.25, -0.2) is 0 Å². The Balaban J connectivity index is 1.49. The van der Waals surface area contributed by atoms with E-state index in [0.29, 0.717) is 13.0 Å². The van der Waals surface area contributed by atoms with Crippen molar-refractivity contribution in [3.8, 4) is 0 Å². The van der Waals surface area contributed by atoms with Gasteiger partial charge in [-0.15, -0.1) is 0 Å². The van der Waals surface area contributed by atoms with Crippen LogP contribution in [0.1, 0.15) is 23.1 Å². The quantitative estimate of drug-likeness (QED) is 0.694. The lowest BCUT2D eigenvalue weighted by Gasteiger charge is -2.26. The second-order valence-electron chi connectivity index (χ2n) is 7.15. The summed E-state index contributed by atoms with van der Waals surface area (Å²) in [5, 5.41) is 1.29. The lowest BCUT2D eigenvalue weighted by Crippen LogP contribution is -2.35. The first-order valence-electron chi connectivity index (χ1n) is 9.18. The number of nitrogens with zero attached hydrogens (tertiary/aromatic N) is 2. The Morgan fingerprint density at radius 2 is 1.85 bits per heavy atom. The monoisotopic (exact) mass is 344 g/mol. The van der Waals surface area contributed by atoms with E-state index in [9.17, 15) is 4.79 Å². The van der Waals surface area contributed by atoms with Crippen LogP contribution in [0.2, 0.25) is 0 Å². The van der Waals surface area contributed by atoms with Gasteiger partial charge in [-0.3, -0.25) is 4.79 Å². The average Bonchev–Trinajstić information content (AvgIpc) is 3.01. The molecular formula is C23H24N2O. The van der Waals surface area contributed by atoms with Gasteiger partial charge in [-0.2, -0.15) is 0 Å². The van der Waals surface area contributed by atoms with Crippen molar-refractivity contribution in [1.29, 1.82) is 0 Å². The van der Waals surface area contributed by atoms with Gasteiger partial charge in [0.1, 0.15) is 0 Å². The second-order valence-corrected chi connectivity index (χ2v) is 7.15. The number of hydrogen-bond donors (Lipinski definition) is 0. The topological polar surface area (TPSA) is 25.2 Å². The standard InChI is InChI=1S/C23H24N2O/c1-17-7-9-18(10-8-17)15-23(26)25-13-11-19(12-14-25)21-16-24(2)22-6-4-3-5-20(21)22/h3-11,16H,12-15H2,1-2H3. The molecule has 26 heavy (non-hydrogen) atoms. The highest BCUT2D eigenvalue weighted by atomic mass is 16.2. The molecule has 0 aliphatic carbocycles. The zero-order valence-corrected chi connectivity index (χ0v) is 15.4. The van der Waals surface area contributed by atoms with Gasteiger partial charge in [-0.1, -0.05) is 54.1 Å². The third kappa shape index (κ3) is 3.17. The molecule has 0 fully saturated rings. The van der Waals surface area contributed by atoms with Gasteiger partial charge < -0.3 is 9.47 Å². The van der Waals surface area contributed by atoms with Crippen molar-refractivity contribution in [2.24, 2.45) is 7.05 Å². The minimum Gasteiger partial charge on any atom is -0.350 e. The molecule has 0 saturated heterocycles. The first-order valence-corrected chi connectivity index (χ1v) is 9.18. The third-order valence-electron chi connectivity index (χ3n) is 5.28. The predicted octanol–water partition coefficient (Wildman–Crippen LogP) is 4.35. The van der Waals surface area contributed by atoms with Crippen LogP contribution in [0.15, 0.2) is 60.8 Å². The highest BCUT2D eigenvalue weighted by Crippen LogP contribution is 2.30. The van der Waals surface area contributed by atoms with E-state index in [2.05, 4.69) is 79.3 Å². The molecular weight excluding hydrogens is 320 g/mol. The summed E-state index contributed by atoms with van der Waals surface area (Å²) in [6.45, 7) is 3.55. The maximum Gasteiger partial charge on any atom is 0.227 e. The van der Waals surface area contributed by atoms with E-state index >= 15 is 0 Å². The molecule has 0 saturated carbocycles. The number of amides is 1. The number of aryl methyl sites for hydroxylation is 2. The van der Waals surface area contributed by atoms with Gasteiger partial charge in [0.2, 0.25) is 5.91 Å². The van der Waals surface area contributed by atoms with Crippen LogP contribution in [0.3, 0.4) is 0 Å². The molecule has 2 aromatic carbocycles. The van der Waals surface area contributed by atoms with E-state index in [-0.39, 0.29) is 5.91 Å². The highest BCUT2D eigenvalue weighted by Gasteiger charge is 2.20. The Morgan fingerprint density at radius 1 is 1.08 bits per heavy atom. The van der Waals surface area contributed by atoms with Crippen molar-refractivity contribution in [1.82, 2.24) is 9.47 Å². The summed E-state index contributed by atoms with van der Waals surface area (Å²) in [4.78, 5) is 14.6. The van der Waals surface area contributed by atoms with E-state index in [0.717, 1.165) is 18.5 Å². The summed E-state index contributed by atoms with van der Waals surface area (Å²) in [5.41, 5.74) is 6.21. The van der Waals surface area contributed by atoms with Crippen LogP contribution in [-0.4, -0.2) is 28.5 Å². The van der Waals surface area contributed by atoms with Crippen molar-refractivity contribution in [3.63, 3.8) is 0 Å². The molecule has 0 atom stereocenters. The molecule has 1 aliphatic rings. The fourth-order valence-corrected chi connectivity index (χ4v) is 3.73. The maximum absolute atomic E-state index is 12.6. The van der Waals surface area contributed by atoms with Crippen LogP contribution in [0.4, 0.5) is 0 Å². The first-order chi connectivity index (χ1) is 12.6. The molecule has 4 rings (SSSR count). The Morgan fingerprint density at radius 3 is 2.58 bits per heavy atom. The minimum absolute atomic E-state index is 0.210. The van der Waals surface area contributed by atoms with Crippen molar-refractivity contribution in [2.75, 3.05) is 13.1 Å². The Kier molecular flexibility index (Phi) is 4.37. The molecule has 1 aromatic heterocycles. The largest absolute Gasteiger partial charge is 0.350 e. The number of aromatic nitrogens is 1. The smallest absolute Gasteiger partial charge is 0.227 e. The summed E-state index contributed by atoms with van der Waals surface area (Å²) in [6, 6.07) is 16.7. The van der Waals surface area contributed by atoms with Crippen LogP contribution >= 0.6 is 0 Å². The first kappa shape index (κ1) is 16.6. The number of fused-ring (bicyclic) bond motifs is 1. The van der Waals surface area contributed by atoms with Gasteiger partial charge in [0.15, 0.2) is 0 Å². The SMILES string of the molecule is Cc1ccc(CC(=O)N2CC=C(c3cn(C)c4ccccc34)CC2)cc1. The highest BCUT2D eigenvalue weighted by molar-refractivity contribution is 5.93. The maximum atomic E-state index is 12.6. The molecule has 132 valence electrons. The summed E-state index contributed by atoms with van der Waals surface area (Å²) < 4.78 is 2.18. The molecule has 3 nitrogen and oxygen atoms in total. The fourth-order valence-electron chi connectivity index (χ4n) is 3.73. The lowest BCUT2D eigenvalue weighted by atomic mass is 9.98. The molecule has 1 amide bonds. The minimum atomic E-state index is 0.210. The molecule has 0 N–H and O–H groups in total. The molecule has 0 bridgehead atoms. The number of carbonyl (C=O) groups excluding carboxylic acids is 1. The van der Waals surface area contributed by atoms with Crippen molar-refractivity contribution in [2.45, 2.75) is 19.8 Å². The number of carbonyl (C=O) groups is 1.